The van der Waals surface area contributed by atoms with E-state index in [4.69, 9.17) is 9.47 Å². The molecule has 2 unspecified atom stereocenters. The number of halogens is 6. The van der Waals surface area contributed by atoms with Crippen molar-refractivity contribution in [2.24, 2.45) is 22.1 Å². The first-order valence-corrected chi connectivity index (χ1v) is 21.9. The molecular formula is C34H52F6N2O8S2. The van der Waals surface area contributed by atoms with Crippen LogP contribution in [0, 0.1) is 11.8 Å². The number of rotatable bonds is 12. The zero-order valence-electron chi connectivity index (χ0n) is 29.4. The Hall–Kier alpha value is -1.66. The normalized spacial score (nSPS) is 31.7. The van der Waals surface area contributed by atoms with E-state index in [1.807, 2.05) is 0 Å². The van der Waals surface area contributed by atoms with E-state index in [0.717, 1.165) is 64.2 Å². The van der Waals surface area contributed by atoms with E-state index in [1.165, 1.54) is 0 Å². The molecule has 5 rings (SSSR count). The van der Waals surface area contributed by atoms with Crippen LogP contribution in [0.4, 0.5) is 26.3 Å². The molecule has 5 aliphatic carbocycles. The van der Waals surface area contributed by atoms with Gasteiger partial charge in [-0.3, -0.25) is 8.57 Å². The average molecular weight is 795 g/mol. The van der Waals surface area contributed by atoms with Gasteiger partial charge in [0.25, 0.3) is 0 Å². The van der Waals surface area contributed by atoms with Gasteiger partial charge in [-0.2, -0.15) is 43.2 Å². The maximum Gasteiger partial charge on any atom is 0.433 e. The molecule has 0 amide bonds. The van der Waals surface area contributed by atoms with Crippen molar-refractivity contribution in [2.75, 3.05) is 0 Å². The Balaban J connectivity index is 1.17. The highest BCUT2D eigenvalue weighted by molar-refractivity contribution is 7.88. The van der Waals surface area contributed by atoms with Crippen molar-refractivity contribution in [3.05, 3.63) is 0 Å². The van der Waals surface area contributed by atoms with Gasteiger partial charge < -0.3 is 9.47 Å². The van der Waals surface area contributed by atoms with E-state index >= 15 is 0 Å². The van der Waals surface area contributed by atoms with Gasteiger partial charge >= 0.3 is 32.6 Å². The zero-order chi connectivity index (χ0) is 37.6. The summed E-state index contributed by atoms with van der Waals surface area (Å²) in [4.78, 5) is 0. The van der Waals surface area contributed by atoms with Gasteiger partial charge in [0, 0.05) is 11.8 Å². The lowest BCUT2D eigenvalue weighted by Gasteiger charge is -2.33. The van der Waals surface area contributed by atoms with Gasteiger partial charge in [0.2, 0.25) is 0 Å². The molecule has 0 radical (unpaired) electrons. The maximum atomic E-state index is 14.1. The Morgan fingerprint density at radius 1 is 0.442 bits per heavy atom. The van der Waals surface area contributed by atoms with Gasteiger partial charge in [0.1, 0.15) is 10.5 Å². The molecule has 52 heavy (non-hydrogen) atoms. The van der Waals surface area contributed by atoms with Crippen LogP contribution in [0.3, 0.4) is 0 Å². The fourth-order valence-corrected chi connectivity index (χ4v) is 11.1. The molecule has 0 spiro atoms. The first-order valence-electron chi connectivity index (χ1n) is 19.0. The summed E-state index contributed by atoms with van der Waals surface area (Å²) in [5.74, 6) is -2.20. The summed E-state index contributed by atoms with van der Waals surface area (Å²) in [6.07, 6.45) is 0.912. The summed E-state index contributed by atoms with van der Waals surface area (Å²) >= 11 is 0. The zero-order valence-corrected chi connectivity index (χ0v) is 31.1. The number of hydrogen-bond acceptors (Lipinski definition) is 10. The van der Waals surface area contributed by atoms with Gasteiger partial charge in [0.05, 0.1) is 24.4 Å². The summed E-state index contributed by atoms with van der Waals surface area (Å²) in [5.41, 5.74) is -2.72. The SMILES string of the molecule is O=S(=O)(O/N=C(/C1CCC(OC2CCCCC2)CC1)C(F)(F)F)C1CCCC(S(=O)(=O)O/N=C(/C2CCC(OC3CCCCC3)CC2)C(F)(F)F)C1. The molecule has 5 fully saturated rings. The van der Waals surface area contributed by atoms with Crippen LogP contribution in [0.25, 0.3) is 0 Å². The second-order valence-electron chi connectivity index (χ2n) is 15.2. The van der Waals surface area contributed by atoms with Crippen LogP contribution in [0.5, 0.6) is 0 Å². The average Bonchev–Trinajstić information content (AvgIpc) is 3.09. The topological polar surface area (TPSA) is 130 Å². The van der Waals surface area contributed by atoms with Gasteiger partial charge in [-0.1, -0.05) is 55.3 Å². The third kappa shape index (κ3) is 11.7. The third-order valence-corrected chi connectivity index (χ3v) is 14.5. The van der Waals surface area contributed by atoms with Crippen molar-refractivity contribution >= 4 is 31.7 Å². The van der Waals surface area contributed by atoms with Gasteiger partial charge in [-0.05, 0) is 96.3 Å². The second kappa shape index (κ2) is 17.9. The maximum absolute atomic E-state index is 14.1. The molecule has 0 N–H and O–H groups in total. The molecule has 0 aromatic heterocycles. The van der Waals surface area contributed by atoms with Crippen LogP contribution in [0.15, 0.2) is 10.3 Å². The van der Waals surface area contributed by atoms with Crippen LogP contribution in [0.1, 0.15) is 141 Å². The molecule has 0 aliphatic heterocycles. The third-order valence-electron chi connectivity index (χ3n) is 11.5. The minimum absolute atomic E-state index is 0.0117. The Labute approximate surface area is 303 Å². The summed E-state index contributed by atoms with van der Waals surface area (Å²) in [6, 6.07) is 0. The standard InChI is InChI=1S/C34H52F6N2O8S2/c35-33(36,37)31(23-14-18-27(19-15-23)47-25-8-3-1-4-9-25)41-49-51(43,44)29-12-7-13-30(22-29)52(45,46)50-42-32(34(38,39)40)24-16-20-28(21-17-24)48-26-10-5-2-6-11-26/h23-30H,1-22H2/b41-31-,42-32-. The van der Waals surface area contributed by atoms with Crippen molar-refractivity contribution in [2.45, 2.75) is 189 Å². The van der Waals surface area contributed by atoms with E-state index in [9.17, 15) is 43.2 Å². The lowest BCUT2D eigenvalue weighted by atomic mass is 9.83. The van der Waals surface area contributed by atoms with Crippen molar-refractivity contribution in [3.8, 4) is 0 Å². The molecule has 0 bridgehead atoms. The highest BCUT2D eigenvalue weighted by Gasteiger charge is 2.47. The fraction of sp³-hybridized carbons (Fsp3) is 0.941. The highest BCUT2D eigenvalue weighted by atomic mass is 32.2. The largest absolute Gasteiger partial charge is 0.433 e. The van der Waals surface area contributed by atoms with Crippen LogP contribution >= 0.6 is 0 Å². The summed E-state index contributed by atoms with van der Waals surface area (Å²) < 4.78 is 158. The molecule has 5 aliphatic rings. The van der Waals surface area contributed by atoms with Crippen molar-refractivity contribution in [3.63, 3.8) is 0 Å². The first kappa shape index (κ1) is 41.5. The molecule has 0 heterocycles. The summed E-state index contributed by atoms with van der Waals surface area (Å²) in [7, 11) is -9.70. The number of hydrogen-bond donors (Lipinski definition) is 0. The fourth-order valence-electron chi connectivity index (χ4n) is 8.54. The molecule has 0 saturated heterocycles. The number of nitrogens with zero attached hydrogens (tertiary/aromatic N) is 2. The monoisotopic (exact) mass is 794 g/mol. The molecule has 10 nitrogen and oxygen atoms in total. The number of ether oxygens (including phenoxy) is 2. The number of oxime groups is 2. The van der Waals surface area contributed by atoms with Crippen molar-refractivity contribution in [1.82, 2.24) is 0 Å². The molecule has 2 atom stereocenters. The molecule has 18 heteroatoms. The Morgan fingerprint density at radius 3 is 1.10 bits per heavy atom. The van der Waals surface area contributed by atoms with Crippen molar-refractivity contribution < 1.29 is 61.2 Å². The molecule has 5 saturated carbocycles. The van der Waals surface area contributed by atoms with E-state index in [0.29, 0.717) is 25.7 Å². The quantitative estimate of drug-likeness (QED) is 0.109. The first-order chi connectivity index (χ1) is 24.5. The molecule has 300 valence electrons. The van der Waals surface area contributed by atoms with Crippen LogP contribution in [-0.4, -0.2) is 75.5 Å². The predicted octanol–water partition coefficient (Wildman–Crippen LogP) is 8.64. The number of alkyl halides is 6. The minimum atomic E-state index is -4.97. The van der Waals surface area contributed by atoms with Gasteiger partial charge in [-0.15, -0.1) is 0 Å². The Bertz CT molecular complexity index is 1320. The Morgan fingerprint density at radius 2 is 0.769 bits per heavy atom. The highest BCUT2D eigenvalue weighted by Crippen LogP contribution is 2.38. The van der Waals surface area contributed by atoms with Crippen LogP contribution in [0.2, 0.25) is 0 Å². The second-order valence-corrected chi connectivity index (χ2v) is 18.8. The smallest absolute Gasteiger partial charge is 0.375 e. The predicted molar refractivity (Wildman–Crippen MR) is 180 cm³/mol. The van der Waals surface area contributed by atoms with Gasteiger partial charge in [0.15, 0.2) is 11.4 Å². The molecular weight excluding hydrogens is 743 g/mol. The van der Waals surface area contributed by atoms with E-state index in [2.05, 4.69) is 18.9 Å². The van der Waals surface area contributed by atoms with Gasteiger partial charge in [-0.25, -0.2) is 0 Å². The summed E-state index contributed by atoms with van der Waals surface area (Å²) in [5, 5.41) is 3.04. The van der Waals surface area contributed by atoms with E-state index in [-0.39, 0.29) is 69.4 Å². The molecule has 0 aromatic rings. The van der Waals surface area contributed by atoms with Crippen LogP contribution < -0.4 is 0 Å². The van der Waals surface area contributed by atoms with E-state index < -0.39 is 72.8 Å². The van der Waals surface area contributed by atoms with Crippen LogP contribution in [-0.2, 0) is 38.3 Å². The minimum Gasteiger partial charge on any atom is -0.375 e. The molecule has 0 aromatic carbocycles. The summed E-state index contributed by atoms with van der Waals surface area (Å²) in [6.45, 7) is 0. The van der Waals surface area contributed by atoms with Crippen molar-refractivity contribution in [1.29, 1.82) is 0 Å². The Kier molecular flexibility index (Phi) is 14.3. The lowest BCUT2D eigenvalue weighted by Crippen LogP contribution is -2.38. The lowest BCUT2D eigenvalue weighted by molar-refractivity contribution is -0.0718. The van der Waals surface area contributed by atoms with E-state index in [1.54, 1.807) is 0 Å².